The van der Waals surface area contributed by atoms with Gasteiger partial charge in [-0.05, 0) is 59.5 Å². The van der Waals surface area contributed by atoms with E-state index in [9.17, 15) is 14.7 Å². The lowest BCUT2D eigenvalue weighted by molar-refractivity contribution is -0.140. The highest BCUT2D eigenvalue weighted by molar-refractivity contribution is 7.10. The van der Waals surface area contributed by atoms with E-state index in [0.29, 0.717) is 23.7 Å². The number of ether oxygens (including phenoxy) is 3. The second-order valence-electron chi connectivity index (χ2n) is 7.95. The number of carbonyl (C=O) groups is 2. The summed E-state index contributed by atoms with van der Waals surface area (Å²) in [4.78, 5) is 28.4. The summed E-state index contributed by atoms with van der Waals surface area (Å²) in [6.45, 7) is 0.971. The Morgan fingerprint density at radius 2 is 1.94 bits per heavy atom. The molecule has 1 atom stereocenters. The molecule has 0 aliphatic carbocycles. The van der Waals surface area contributed by atoms with E-state index in [4.69, 9.17) is 14.2 Å². The summed E-state index contributed by atoms with van der Waals surface area (Å²) in [5.74, 6) is 0.603. The van der Waals surface area contributed by atoms with Crippen LogP contribution in [0.2, 0.25) is 0 Å². The maximum absolute atomic E-state index is 13.1. The smallest absolute Gasteiger partial charge is 0.295 e. The monoisotopic (exact) mass is 477 g/mol. The first-order valence-corrected chi connectivity index (χ1v) is 11.8. The van der Waals surface area contributed by atoms with E-state index in [1.807, 2.05) is 23.6 Å². The van der Waals surface area contributed by atoms with Crippen molar-refractivity contribution >= 4 is 28.8 Å². The van der Waals surface area contributed by atoms with Crippen LogP contribution in [0.4, 0.5) is 0 Å². The van der Waals surface area contributed by atoms with Crippen LogP contribution in [0.25, 0.3) is 5.76 Å². The first-order chi connectivity index (χ1) is 16.6. The molecule has 7 nitrogen and oxygen atoms in total. The Morgan fingerprint density at radius 1 is 1.15 bits per heavy atom. The number of aliphatic hydroxyl groups excluding tert-OH is 1. The fourth-order valence-electron chi connectivity index (χ4n) is 4.28. The number of aliphatic hydroxyl groups is 1. The molecule has 1 aromatic heterocycles. The van der Waals surface area contributed by atoms with Crippen LogP contribution in [0.3, 0.4) is 0 Å². The normalized spacial score (nSPS) is 18.6. The Bertz CT molecular complexity index is 1250. The third kappa shape index (κ3) is 4.01. The molecule has 0 bridgehead atoms. The summed E-state index contributed by atoms with van der Waals surface area (Å²) in [5.41, 5.74) is 1.56. The summed E-state index contributed by atoms with van der Waals surface area (Å²) in [7, 11) is 1.59. The van der Waals surface area contributed by atoms with Crippen molar-refractivity contribution in [3.63, 3.8) is 0 Å². The van der Waals surface area contributed by atoms with Gasteiger partial charge < -0.3 is 24.2 Å². The van der Waals surface area contributed by atoms with E-state index in [2.05, 4.69) is 0 Å². The van der Waals surface area contributed by atoms with Crippen molar-refractivity contribution in [2.45, 2.75) is 12.5 Å². The minimum Gasteiger partial charge on any atom is -0.507 e. The number of ketones is 1. The number of hydrogen-bond acceptors (Lipinski definition) is 7. The van der Waals surface area contributed by atoms with E-state index in [0.717, 1.165) is 22.6 Å². The highest BCUT2D eigenvalue weighted by atomic mass is 32.1. The van der Waals surface area contributed by atoms with Crippen LogP contribution < -0.4 is 14.2 Å². The van der Waals surface area contributed by atoms with Crippen molar-refractivity contribution in [1.82, 2.24) is 4.90 Å². The fraction of sp³-hybridized carbons (Fsp3) is 0.231. The molecule has 2 aliphatic heterocycles. The summed E-state index contributed by atoms with van der Waals surface area (Å²) in [6, 6.07) is 15.5. The Balaban J connectivity index is 1.43. The summed E-state index contributed by atoms with van der Waals surface area (Å²) in [6.07, 6.45) is 0.738. The maximum Gasteiger partial charge on any atom is 0.295 e. The second-order valence-corrected chi connectivity index (χ2v) is 8.93. The first kappa shape index (κ1) is 22.0. The number of rotatable bonds is 7. The quantitative estimate of drug-likeness (QED) is 0.312. The van der Waals surface area contributed by atoms with Crippen molar-refractivity contribution in [2.24, 2.45) is 0 Å². The van der Waals surface area contributed by atoms with Crippen LogP contribution in [-0.2, 0) is 16.0 Å². The van der Waals surface area contributed by atoms with E-state index in [1.54, 1.807) is 43.5 Å². The van der Waals surface area contributed by atoms with Crippen LogP contribution in [-0.4, -0.2) is 48.6 Å². The van der Waals surface area contributed by atoms with Crippen LogP contribution in [0.5, 0.6) is 17.2 Å². The minimum absolute atomic E-state index is 0.0933. The van der Waals surface area contributed by atoms with E-state index >= 15 is 0 Å². The topological polar surface area (TPSA) is 85.3 Å². The number of Topliss-reactive ketones (excluding diaryl/α,β-unsaturated/α-hetero) is 1. The molecule has 34 heavy (non-hydrogen) atoms. The minimum atomic E-state index is -0.697. The molecule has 2 aliphatic rings. The summed E-state index contributed by atoms with van der Waals surface area (Å²) >= 11 is 1.43. The lowest BCUT2D eigenvalue weighted by Gasteiger charge is -2.24. The Hall–Kier alpha value is -3.78. The fourth-order valence-corrected chi connectivity index (χ4v) is 5.12. The number of nitrogens with zero attached hydrogens (tertiary/aromatic N) is 1. The van der Waals surface area contributed by atoms with Gasteiger partial charge in [-0.15, -0.1) is 11.3 Å². The number of fused-ring (bicyclic) bond motifs is 1. The highest BCUT2D eigenvalue weighted by Gasteiger charge is 2.46. The number of amides is 1. The van der Waals surface area contributed by atoms with E-state index in [-0.39, 0.29) is 24.5 Å². The molecular formula is C26H23NO6S. The Labute approximate surface area is 200 Å². The van der Waals surface area contributed by atoms with Crippen molar-refractivity contribution in [1.29, 1.82) is 0 Å². The zero-order valence-corrected chi connectivity index (χ0v) is 19.3. The second kappa shape index (κ2) is 9.23. The largest absolute Gasteiger partial charge is 0.507 e. The van der Waals surface area contributed by atoms with Gasteiger partial charge in [-0.3, -0.25) is 9.59 Å². The van der Waals surface area contributed by atoms with Gasteiger partial charge in [0, 0.05) is 16.9 Å². The molecule has 1 amide bonds. The van der Waals surface area contributed by atoms with Gasteiger partial charge in [0.2, 0.25) is 0 Å². The molecule has 8 heteroatoms. The molecule has 0 saturated carbocycles. The van der Waals surface area contributed by atoms with Gasteiger partial charge in [-0.25, -0.2) is 0 Å². The van der Waals surface area contributed by atoms with Gasteiger partial charge in [-0.2, -0.15) is 0 Å². The van der Waals surface area contributed by atoms with Gasteiger partial charge in [-0.1, -0.05) is 6.07 Å². The summed E-state index contributed by atoms with van der Waals surface area (Å²) in [5, 5.41) is 13.1. The van der Waals surface area contributed by atoms with Gasteiger partial charge >= 0.3 is 0 Å². The van der Waals surface area contributed by atoms with Crippen molar-refractivity contribution in [2.75, 3.05) is 26.9 Å². The van der Waals surface area contributed by atoms with Gasteiger partial charge in [0.25, 0.3) is 11.7 Å². The lowest BCUT2D eigenvalue weighted by atomic mass is 9.98. The molecule has 2 aromatic carbocycles. The Kier molecular flexibility index (Phi) is 5.98. The van der Waals surface area contributed by atoms with Crippen molar-refractivity contribution < 1.29 is 28.9 Å². The SMILES string of the molecule is COc1ccc(OCCN2C(=O)C(=O)/C(=C(\O)c3ccc4c(c3)CCO4)C2c2cccs2)cc1. The van der Waals surface area contributed by atoms with E-state index < -0.39 is 17.7 Å². The molecule has 3 aromatic rings. The molecule has 1 unspecified atom stereocenters. The van der Waals surface area contributed by atoms with Crippen LogP contribution >= 0.6 is 11.3 Å². The number of benzene rings is 2. The predicted octanol–water partition coefficient (Wildman–Crippen LogP) is 4.19. The Morgan fingerprint density at radius 3 is 2.68 bits per heavy atom. The number of methoxy groups -OCH3 is 1. The molecule has 0 radical (unpaired) electrons. The molecule has 3 heterocycles. The first-order valence-electron chi connectivity index (χ1n) is 10.9. The van der Waals surface area contributed by atoms with E-state index in [1.165, 1.54) is 16.2 Å². The number of carbonyl (C=O) groups excluding carboxylic acids is 2. The third-order valence-electron chi connectivity index (χ3n) is 5.98. The lowest BCUT2D eigenvalue weighted by Crippen LogP contribution is -2.33. The maximum atomic E-state index is 13.1. The zero-order valence-electron chi connectivity index (χ0n) is 18.5. The van der Waals surface area contributed by atoms with Gasteiger partial charge in [0.05, 0.1) is 31.9 Å². The molecule has 1 fully saturated rings. The van der Waals surface area contributed by atoms with Crippen LogP contribution in [0, 0.1) is 0 Å². The number of hydrogen-bond donors (Lipinski definition) is 1. The van der Waals surface area contributed by atoms with Gasteiger partial charge in [0.1, 0.15) is 29.6 Å². The van der Waals surface area contributed by atoms with Crippen molar-refractivity contribution in [3.8, 4) is 17.2 Å². The van der Waals surface area contributed by atoms with Crippen LogP contribution in [0.1, 0.15) is 22.0 Å². The average molecular weight is 478 g/mol. The number of likely N-dealkylation sites (tertiary alicyclic amines) is 1. The van der Waals surface area contributed by atoms with Gasteiger partial charge in [0.15, 0.2) is 0 Å². The molecule has 174 valence electrons. The predicted molar refractivity (Wildman–Crippen MR) is 127 cm³/mol. The molecule has 0 spiro atoms. The van der Waals surface area contributed by atoms with Crippen LogP contribution in [0.15, 0.2) is 65.6 Å². The average Bonchev–Trinajstić information content (AvgIpc) is 3.60. The zero-order chi connectivity index (χ0) is 23.7. The third-order valence-corrected chi connectivity index (χ3v) is 6.90. The highest BCUT2D eigenvalue weighted by Crippen LogP contribution is 2.41. The molecule has 1 N–H and O–H groups in total. The standard InChI is InChI=1S/C26H23NO6S/c1-31-18-5-7-19(8-6-18)32-13-11-27-23(21-3-2-14-34-21)22(25(29)26(27)30)24(28)17-4-9-20-16(15-17)10-12-33-20/h2-9,14-15,23,28H,10-13H2,1H3/b24-22-. The van der Waals surface area contributed by atoms with Crippen molar-refractivity contribution in [3.05, 3.63) is 81.6 Å². The number of thiophene rings is 1. The summed E-state index contributed by atoms with van der Waals surface area (Å²) < 4.78 is 16.5. The molecule has 5 rings (SSSR count). The molecular weight excluding hydrogens is 454 g/mol. The molecule has 1 saturated heterocycles.